The highest BCUT2D eigenvalue weighted by atomic mass is 35.5. The topological polar surface area (TPSA) is 63.3 Å². The molecular formula is C12H8ClF2NO3. The number of nitrogens with zero attached hydrogens (tertiary/aromatic N) is 1. The Balaban J connectivity index is 2.62. The minimum Gasteiger partial charge on any atom is -0.476 e. The minimum absolute atomic E-state index is 0.0139. The third-order valence-corrected chi connectivity index (χ3v) is 2.76. The number of aromatic nitrogens is 1. The van der Waals surface area contributed by atoms with Gasteiger partial charge in [-0.1, -0.05) is 28.9 Å². The molecule has 0 unspecified atom stereocenters. The van der Waals surface area contributed by atoms with E-state index in [1.165, 1.54) is 18.2 Å². The van der Waals surface area contributed by atoms with Crippen molar-refractivity contribution in [1.29, 1.82) is 0 Å². The lowest BCUT2D eigenvalue weighted by molar-refractivity contribution is 0.0180. The Labute approximate surface area is 111 Å². The zero-order valence-electron chi connectivity index (χ0n) is 9.65. The standard InChI is InChI=1S/C12H8ClF2NO3/c1-12(14,15)10-6(3-2-4-7(10)13)9-5-8(11(17)18)16-19-9/h2-5H,1H3,(H,17,18). The molecule has 0 saturated heterocycles. The van der Waals surface area contributed by atoms with E-state index >= 15 is 0 Å². The Morgan fingerprint density at radius 1 is 1.47 bits per heavy atom. The van der Waals surface area contributed by atoms with Crippen molar-refractivity contribution in [3.63, 3.8) is 0 Å². The molecule has 0 saturated carbocycles. The molecule has 1 heterocycles. The van der Waals surface area contributed by atoms with Crippen LogP contribution in [0.1, 0.15) is 23.0 Å². The molecular weight excluding hydrogens is 280 g/mol. The first-order chi connectivity index (χ1) is 8.80. The molecule has 0 spiro atoms. The van der Waals surface area contributed by atoms with E-state index in [9.17, 15) is 13.6 Å². The largest absolute Gasteiger partial charge is 0.476 e. The monoisotopic (exact) mass is 287 g/mol. The van der Waals surface area contributed by atoms with Crippen LogP contribution in [0.25, 0.3) is 11.3 Å². The molecule has 0 amide bonds. The number of aromatic carboxylic acids is 1. The molecule has 0 bridgehead atoms. The second-order valence-electron chi connectivity index (χ2n) is 3.93. The van der Waals surface area contributed by atoms with Crippen molar-refractivity contribution < 1.29 is 23.2 Å². The number of alkyl halides is 2. The smallest absolute Gasteiger partial charge is 0.358 e. The predicted molar refractivity (Wildman–Crippen MR) is 63.5 cm³/mol. The number of carboxylic acid groups (broad SMARTS) is 1. The van der Waals surface area contributed by atoms with Gasteiger partial charge in [0.2, 0.25) is 0 Å². The van der Waals surface area contributed by atoms with Crippen molar-refractivity contribution in [2.75, 3.05) is 0 Å². The maximum atomic E-state index is 13.6. The Morgan fingerprint density at radius 3 is 2.68 bits per heavy atom. The van der Waals surface area contributed by atoms with Crippen LogP contribution in [0.5, 0.6) is 0 Å². The average Bonchev–Trinajstić information content (AvgIpc) is 2.75. The molecule has 0 aliphatic carbocycles. The SMILES string of the molecule is CC(F)(F)c1c(Cl)cccc1-c1cc(C(=O)O)no1. The summed E-state index contributed by atoms with van der Waals surface area (Å²) in [5, 5.41) is 11.9. The highest BCUT2D eigenvalue weighted by molar-refractivity contribution is 6.31. The summed E-state index contributed by atoms with van der Waals surface area (Å²) in [4.78, 5) is 10.7. The van der Waals surface area contributed by atoms with Crippen molar-refractivity contribution >= 4 is 17.6 Å². The molecule has 1 aromatic heterocycles. The lowest BCUT2D eigenvalue weighted by atomic mass is 10.0. The van der Waals surface area contributed by atoms with Gasteiger partial charge >= 0.3 is 5.97 Å². The Morgan fingerprint density at radius 2 is 2.16 bits per heavy atom. The van der Waals surface area contributed by atoms with Gasteiger partial charge in [-0.3, -0.25) is 0 Å². The average molecular weight is 288 g/mol. The van der Waals surface area contributed by atoms with Crippen LogP contribution < -0.4 is 0 Å². The number of hydrogen-bond donors (Lipinski definition) is 1. The van der Waals surface area contributed by atoms with Gasteiger partial charge in [0.25, 0.3) is 5.92 Å². The summed E-state index contributed by atoms with van der Waals surface area (Å²) in [6.07, 6.45) is 0. The number of hydrogen-bond acceptors (Lipinski definition) is 3. The van der Waals surface area contributed by atoms with Gasteiger partial charge in [0.15, 0.2) is 11.5 Å². The van der Waals surface area contributed by atoms with E-state index in [2.05, 4.69) is 5.16 Å². The quantitative estimate of drug-likeness (QED) is 0.932. The summed E-state index contributed by atoms with van der Waals surface area (Å²) >= 11 is 5.77. The van der Waals surface area contributed by atoms with Gasteiger partial charge in [-0.15, -0.1) is 0 Å². The normalized spacial score (nSPS) is 11.6. The number of carbonyl (C=O) groups is 1. The van der Waals surface area contributed by atoms with Crippen LogP contribution in [0.2, 0.25) is 5.02 Å². The first-order valence-corrected chi connectivity index (χ1v) is 5.55. The van der Waals surface area contributed by atoms with Crippen molar-refractivity contribution in [1.82, 2.24) is 5.16 Å². The fraction of sp³-hybridized carbons (Fsp3) is 0.167. The van der Waals surface area contributed by atoms with Gasteiger partial charge in [0.05, 0.1) is 10.6 Å². The second kappa shape index (κ2) is 4.62. The molecule has 1 N–H and O–H groups in total. The molecule has 0 radical (unpaired) electrons. The molecule has 19 heavy (non-hydrogen) atoms. The van der Waals surface area contributed by atoms with Gasteiger partial charge in [-0.05, 0) is 6.07 Å². The van der Waals surface area contributed by atoms with Crippen LogP contribution >= 0.6 is 11.6 Å². The Hall–Kier alpha value is -1.95. The van der Waals surface area contributed by atoms with E-state index in [0.29, 0.717) is 6.92 Å². The summed E-state index contributed by atoms with van der Waals surface area (Å²) in [5.74, 6) is -4.57. The molecule has 0 atom stereocenters. The van der Waals surface area contributed by atoms with Crippen molar-refractivity contribution in [3.05, 3.63) is 40.5 Å². The van der Waals surface area contributed by atoms with E-state index in [-0.39, 0.29) is 22.0 Å². The van der Waals surface area contributed by atoms with E-state index in [4.69, 9.17) is 21.2 Å². The lowest BCUT2D eigenvalue weighted by Crippen LogP contribution is -2.09. The fourth-order valence-corrected chi connectivity index (χ4v) is 2.02. The van der Waals surface area contributed by atoms with E-state index < -0.39 is 17.5 Å². The Bertz CT molecular complexity index is 634. The molecule has 2 aromatic rings. The summed E-state index contributed by atoms with van der Waals surface area (Å²) in [7, 11) is 0. The number of halogens is 3. The summed E-state index contributed by atoms with van der Waals surface area (Å²) in [6, 6.07) is 5.23. The van der Waals surface area contributed by atoms with Crippen molar-refractivity contribution in [3.8, 4) is 11.3 Å². The Kier molecular flexibility index (Phi) is 3.28. The van der Waals surface area contributed by atoms with Crippen LogP contribution in [0, 0.1) is 0 Å². The lowest BCUT2D eigenvalue weighted by Gasteiger charge is -2.15. The number of rotatable bonds is 3. The fourth-order valence-electron chi connectivity index (χ4n) is 1.68. The van der Waals surface area contributed by atoms with Gasteiger partial charge in [0.1, 0.15) is 0 Å². The molecule has 4 nitrogen and oxygen atoms in total. The summed E-state index contributed by atoms with van der Waals surface area (Å²) in [5.41, 5.74) is -0.773. The molecule has 7 heteroatoms. The molecule has 0 aliphatic rings. The molecule has 0 fully saturated rings. The summed E-state index contributed by atoms with van der Waals surface area (Å²) < 4.78 is 31.9. The van der Waals surface area contributed by atoms with E-state index in [0.717, 1.165) is 6.07 Å². The van der Waals surface area contributed by atoms with Crippen LogP contribution in [-0.2, 0) is 5.92 Å². The van der Waals surface area contributed by atoms with Gasteiger partial charge < -0.3 is 9.63 Å². The first-order valence-electron chi connectivity index (χ1n) is 5.18. The highest BCUT2D eigenvalue weighted by Crippen LogP contribution is 2.40. The third-order valence-electron chi connectivity index (χ3n) is 2.45. The first kappa shape index (κ1) is 13.5. The maximum absolute atomic E-state index is 13.6. The van der Waals surface area contributed by atoms with Crippen LogP contribution in [0.3, 0.4) is 0 Å². The zero-order valence-corrected chi connectivity index (χ0v) is 10.4. The molecule has 2 rings (SSSR count). The second-order valence-corrected chi connectivity index (χ2v) is 4.34. The highest BCUT2D eigenvalue weighted by Gasteiger charge is 2.32. The number of carboxylic acids is 1. The van der Waals surface area contributed by atoms with Crippen LogP contribution in [0.4, 0.5) is 8.78 Å². The number of benzene rings is 1. The third kappa shape index (κ3) is 2.58. The van der Waals surface area contributed by atoms with Gasteiger partial charge in [0, 0.05) is 18.6 Å². The minimum atomic E-state index is -3.19. The van der Waals surface area contributed by atoms with Crippen LogP contribution in [-0.4, -0.2) is 16.2 Å². The predicted octanol–water partition coefficient (Wildman–Crippen LogP) is 3.80. The molecule has 0 aliphatic heterocycles. The molecule has 100 valence electrons. The molecule has 1 aromatic carbocycles. The van der Waals surface area contributed by atoms with E-state index in [1.807, 2.05) is 0 Å². The van der Waals surface area contributed by atoms with Crippen molar-refractivity contribution in [2.24, 2.45) is 0 Å². The van der Waals surface area contributed by atoms with Gasteiger partial charge in [-0.25, -0.2) is 13.6 Å². The van der Waals surface area contributed by atoms with Gasteiger partial charge in [-0.2, -0.15) is 0 Å². The summed E-state index contributed by atoms with van der Waals surface area (Å²) in [6.45, 7) is 0.701. The van der Waals surface area contributed by atoms with Crippen molar-refractivity contribution in [2.45, 2.75) is 12.8 Å². The maximum Gasteiger partial charge on any atom is 0.358 e. The zero-order chi connectivity index (χ0) is 14.2. The van der Waals surface area contributed by atoms with Crippen LogP contribution in [0.15, 0.2) is 28.8 Å². The van der Waals surface area contributed by atoms with E-state index in [1.54, 1.807) is 0 Å².